The summed E-state index contributed by atoms with van der Waals surface area (Å²) >= 11 is 0. The number of hydrogen-bond donors (Lipinski definition) is 2. The van der Waals surface area contributed by atoms with Crippen LogP contribution in [0.15, 0.2) is 58.4 Å². The van der Waals surface area contributed by atoms with Crippen molar-refractivity contribution in [3.63, 3.8) is 0 Å². The number of aliphatic imine (C=N–C) groups is 1. The van der Waals surface area contributed by atoms with Gasteiger partial charge in [-0.3, -0.25) is 19.3 Å². The first-order valence-electron chi connectivity index (χ1n) is 10.6. The van der Waals surface area contributed by atoms with Gasteiger partial charge < -0.3 is 15.0 Å². The van der Waals surface area contributed by atoms with E-state index in [0.29, 0.717) is 23.4 Å². The molecule has 0 saturated carbocycles. The number of hydrogen-bond acceptors (Lipinski definition) is 6. The van der Waals surface area contributed by atoms with Crippen molar-refractivity contribution < 1.29 is 22.7 Å². The molecule has 0 bridgehead atoms. The van der Waals surface area contributed by atoms with Crippen molar-refractivity contribution in [1.29, 1.82) is 0 Å². The van der Waals surface area contributed by atoms with Gasteiger partial charge in [-0.25, -0.2) is 8.42 Å². The highest BCUT2D eigenvalue weighted by molar-refractivity contribution is 7.90. The third kappa shape index (κ3) is 6.10. The van der Waals surface area contributed by atoms with Crippen molar-refractivity contribution in [3.05, 3.63) is 54.1 Å². The molecule has 9 nitrogen and oxygen atoms in total. The second-order valence-corrected chi connectivity index (χ2v) is 9.48. The number of likely N-dealkylation sites (N-methyl/N-ethyl adjacent to an activating group) is 1. The van der Waals surface area contributed by atoms with Gasteiger partial charge in [-0.05, 0) is 42.8 Å². The van der Waals surface area contributed by atoms with Gasteiger partial charge >= 0.3 is 0 Å². The predicted molar refractivity (Wildman–Crippen MR) is 126 cm³/mol. The van der Waals surface area contributed by atoms with E-state index in [4.69, 9.17) is 4.74 Å². The molecule has 2 amide bonds. The molecular weight excluding hydrogens is 444 g/mol. The Bertz CT molecular complexity index is 1140. The van der Waals surface area contributed by atoms with Crippen LogP contribution in [0.5, 0.6) is 5.75 Å². The zero-order valence-electron chi connectivity index (χ0n) is 18.9. The number of benzene rings is 2. The predicted octanol–water partition coefficient (Wildman–Crippen LogP) is 2.39. The highest BCUT2D eigenvalue weighted by Crippen LogP contribution is 2.24. The Labute approximate surface area is 193 Å². The molecule has 0 radical (unpaired) electrons. The Hall–Kier alpha value is -3.40. The van der Waals surface area contributed by atoms with Crippen molar-refractivity contribution in [1.82, 2.24) is 9.62 Å². The van der Waals surface area contributed by atoms with Crippen molar-refractivity contribution >= 4 is 33.4 Å². The number of nitrogens with one attached hydrogen (secondary N) is 2. The van der Waals surface area contributed by atoms with E-state index in [1.54, 1.807) is 56.6 Å². The van der Waals surface area contributed by atoms with Crippen LogP contribution in [-0.4, -0.2) is 57.7 Å². The molecule has 0 spiro atoms. The normalized spacial score (nSPS) is 15.9. The van der Waals surface area contributed by atoms with Gasteiger partial charge in [-0.2, -0.15) is 0 Å². The van der Waals surface area contributed by atoms with Gasteiger partial charge in [0.05, 0.1) is 4.90 Å². The smallest absolute Gasteiger partial charge is 0.263 e. The molecule has 1 aliphatic heterocycles. The lowest BCUT2D eigenvalue weighted by atomic mass is 10.1. The number of carbonyl (C=O) groups is 2. The minimum atomic E-state index is -3.68. The number of amidine groups is 1. The van der Waals surface area contributed by atoms with Crippen LogP contribution in [-0.2, 0) is 19.6 Å². The van der Waals surface area contributed by atoms with Crippen LogP contribution >= 0.6 is 0 Å². The molecule has 1 heterocycles. The molecule has 0 aromatic heterocycles. The molecule has 10 heteroatoms. The number of fused-ring (bicyclic) bond motifs is 1. The van der Waals surface area contributed by atoms with Crippen LogP contribution in [0.25, 0.3) is 0 Å². The van der Waals surface area contributed by atoms with Gasteiger partial charge in [-0.1, -0.05) is 31.9 Å². The lowest BCUT2D eigenvalue weighted by Crippen LogP contribution is -2.30. The fourth-order valence-electron chi connectivity index (χ4n) is 3.17. The summed E-state index contributed by atoms with van der Waals surface area (Å²) in [5, 5.41) is 2.83. The standard InChI is InChI=1S/C23H28N4O5S/c1-4-5-9-19(25-22-18-8-6-7-10-20(18)33(30,31)26-22)23(29)24-16-11-13-17(14-12-16)32-15-21(28)27(2)3/h6-8,10-14,19H,4-5,9,15H2,1-3H3,(H,24,29)(H,25,26). The number of carbonyl (C=O) groups excluding carboxylic acids is 2. The summed E-state index contributed by atoms with van der Waals surface area (Å²) in [4.78, 5) is 30.7. The van der Waals surface area contributed by atoms with Gasteiger partial charge in [0.1, 0.15) is 17.6 Å². The van der Waals surface area contributed by atoms with Crippen molar-refractivity contribution in [2.24, 2.45) is 4.99 Å². The second kappa shape index (κ2) is 10.5. The molecular formula is C23H28N4O5S. The number of nitrogens with zero attached hydrogens (tertiary/aromatic N) is 2. The summed E-state index contributed by atoms with van der Waals surface area (Å²) in [6.45, 7) is 1.93. The van der Waals surface area contributed by atoms with Crippen LogP contribution in [0.3, 0.4) is 0 Å². The van der Waals surface area contributed by atoms with Gasteiger partial charge in [-0.15, -0.1) is 0 Å². The molecule has 1 unspecified atom stereocenters. The van der Waals surface area contributed by atoms with E-state index in [1.807, 2.05) is 6.92 Å². The summed E-state index contributed by atoms with van der Waals surface area (Å²) in [6.07, 6.45) is 2.11. The largest absolute Gasteiger partial charge is 0.484 e. The van der Waals surface area contributed by atoms with Gasteiger partial charge in [0.2, 0.25) is 5.91 Å². The Morgan fingerprint density at radius 1 is 1.12 bits per heavy atom. The molecule has 3 rings (SSSR count). The fourth-order valence-corrected chi connectivity index (χ4v) is 4.41. The van der Waals surface area contributed by atoms with Crippen LogP contribution in [0, 0.1) is 0 Å². The topological polar surface area (TPSA) is 117 Å². The van der Waals surface area contributed by atoms with Crippen LogP contribution in [0.4, 0.5) is 5.69 Å². The van der Waals surface area contributed by atoms with Crippen LogP contribution in [0.2, 0.25) is 0 Å². The van der Waals surface area contributed by atoms with Gasteiger partial charge in [0.15, 0.2) is 6.61 Å². The molecule has 0 saturated heterocycles. The average molecular weight is 473 g/mol. The average Bonchev–Trinajstić information content (AvgIpc) is 3.05. The van der Waals surface area contributed by atoms with E-state index in [-0.39, 0.29) is 29.2 Å². The Kier molecular flexibility index (Phi) is 7.70. The van der Waals surface area contributed by atoms with Crippen LogP contribution in [0.1, 0.15) is 31.7 Å². The number of sulfonamides is 1. The van der Waals surface area contributed by atoms with E-state index in [2.05, 4.69) is 15.0 Å². The Balaban J connectivity index is 1.73. The van der Waals surface area contributed by atoms with E-state index < -0.39 is 16.1 Å². The third-order valence-corrected chi connectivity index (χ3v) is 6.46. The van der Waals surface area contributed by atoms with Gasteiger partial charge in [0, 0.05) is 25.3 Å². The molecule has 0 aliphatic carbocycles. The molecule has 176 valence electrons. The van der Waals surface area contributed by atoms with E-state index in [0.717, 1.165) is 12.8 Å². The lowest BCUT2D eigenvalue weighted by Gasteiger charge is -2.15. The first-order chi connectivity index (χ1) is 15.7. The molecule has 33 heavy (non-hydrogen) atoms. The maximum absolute atomic E-state index is 13.0. The van der Waals surface area contributed by atoms with E-state index in [1.165, 1.54) is 11.0 Å². The molecule has 0 fully saturated rings. The van der Waals surface area contributed by atoms with E-state index in [9.17, 15) is 18.0 Å². The number of ether oxygens (including phenoxy) is 1. The maximum Gasteiger partial charge on any atom is 0.263 e. The zero-order valence-corrected chi connectivity index (χ0v) is 19.7. The Morgan fingerprint density at radius 2 is 1.82 bits per heavy atom. The first kappa shape index (κ1) is 24.2. The molecule has 1 atom stereocenters. The summed E-state index contributed by atoms with van der Waals surface area (Å²) in [5.41, 5.74) is 1.00. The number of amides is 2. The highest BCUT2D eigenvalue weighted by Gasteiger charge is 2.31. The number of rotatable bonds is 9. The maximum atomic E-state index is 13.0. The van der Waals surface area contributed by atoms with E-state index >= 15 is 0 Å². The number of unbranched alkanes of at least 4 members (excludes halogenated alkanes) is 1. The minimum absolute atomic E-state index is 0.0767. The fraction of sp³-hybridized carbons (Fsp3) is 0.348. The lowest BCUT2D eigenvalue weighted by molar-refractivity contribution is -0.130. The summed E-state index contributed by atoms with van der Waals surface area (Å²) in [5.74, 6) is 0.185. The quantitative estimate of drug-likeness (QED) is 0.581. The highest BCUT2D eigenvalue weighted by atomic mass is 32.2. The second-order valence-electron chi connectivity index (χ2n) is 7.83. The molecule has 2 aromatic rings. The van der Waals surface area contributed by atoms with Crippen molar-refractivity contribution in [2.45, 2.75) is 37.1 Å². The van der Waals surface area contributed by atoms with Crippen molar-refractivity contribution in [2.75, 3.05) is 26.0 Å². The van der Waals surface area contributed by atoms with Crippen molar-refractivity contribution in [3.8, 4) is 5.75 Å². The summed E-state index contributed by atoms with van der Waals surface area (Å²) in [6, 6.07) is 12.5. The molecule has 2 N–H and O–H groups in total. The third-order valence-electron chi connectivity index (χ3n) is 5.06. The minimum Gasteiger partial charge on any atom is -0.484 e. The SMILES string of the molecule is CCCCC(N=C1NS(=O)(=O)c2ccccc21)C(=O)Nc1ccc(OCC(=O)N(C)C)cc1. The van der Waals surface area contributed by atoms with Crippen LogP contribution < -0.4 is 14.8 Å². The number of anilines is 1. The zero-order chi connectivity index (χ0) is 24.0. The molecule has 1 aliphatic rings. The van der Waals surface area contributed by atoms with Gasteiger partial charge in [0.25, 0.3) is 15.9 Å². The first-order valence-corrected chi connectivity index (χ1v) is 12.1. The monoisotopic (exact) mass is 472 g/mol. The Morgan fingerprint density at radius 3 is 2.48 bits per heavy atom. The summed E-state index contributed by atoms with van der Waals surface area (Å²) < 4.78 is 32.6. The molecule has 2 aromatic carbocycles. The summed E-state index contributed by atoms with van der Waals surface area (Å²) in [7, 11) is -0.380.